The summed E-state index contributed by atoms with van der Waals surface area (Å²) in [4.78, 5) is 25.3. The molecular formula is C14H26N2O3. The highest BCUT2D eigenvalue weighted by Crippen LogP contribution is 2.15. The van der Waals surface area contributed by atoms with Crippen molar-refractivity contribution in [2.45, 2.75) is 52.6 Å². The number of likely N-dealkylation sites (tertiary alicyclic amines) is 1. The molecule has 0 saturated carbocycles. The van der Waals surface area contributed by atoms with Gasteiger partial charge in [0.15, 0.2) is 0 Å². The van der Waals surface area contributed by atoms with E-state index in [0.717, 1.165) is 6.42 Å². The summed E-state index contributed by atoms with van der Waals surface area (Å²) in [5.41, 5.74) is 0. The number of nitrogens with one attached hydrogen (secondary N) is 1. The zero-order valence-electron chi connectivity index (χ0n) is 12.4. The molecule has 0 aliphatic carbocycles. The van der Waals surface area contributed by atoms with Gasteiger partial charge in [-0.25, -0.2) is 0 Å². The van der Waals surface area contributed by atoms with Gasteiger partial charge in [-0.1, -0.05) is 20.8 Å². The Morgan fingerprint density at radius 2 is 2.05 bits per heavy atom. The molecule has 19 heavy (non-hydrogen) atoms. The first-order chi connectivity index (χ1) is 9.01. The van der Waals surface area contributed by atoms with E-state index in [1.807, 2.05) is 13.8 Å². The number of hydrogen-bond acceptors (Lipinski definition) is 4. The fourth-order valence-electron chi connectivity index (χ4n) is 2.21. The van der Waals surface area contributed by atoms with Gasteiger partial charge < -0.3 is 10.1 Å². The van der Waals surface area contributed by atoms with Gasteiger partial charge in [0.05, 0.1) is 19.1 Å². The maximum atomic E-state index is 12.1. The van der Waals surface area contributed by atoms with Crippen molar-refractivity contribution in [1.29, 1.82) is 0 Å². The minimum absolute atomic E-state index is 0.0664. The molecule has 1 fully saturated rings. The van der Waals surface area contributed by atoms with Crippen LogP contribution in [0.1, 0.15) is 40.5 Å². The van der Waals surface area contributed by atoms with Crippen molar-refractivity contribution in [3.8, 4) is 0 Å². The molecule has 0 aromatic rings. The van der Waals surface area contributed by atoms with Crippen LogP contribution in [0.3, 0.4) is 0 Å². The summed E-state index contributed by atoms with van der Waals surface area (Å²) in [6.07, 6.45) is 1.07. The summed E-state index contributed by atoms with van der Waals surface area (Å²) < 4.78 is 5.43. The van der Waals surface area contributed by atoms with E-state index in [1.54, 1.807) is 0 Å². The first kappa shape index (κ1) is 16.1. The molecule has 0 radical (unpaired) electrons. The summed E-state index contributed by atoms with van der Waals surface area (Å²) in [7, 11) is 0. The minimum Gasteiger partial charge on any atom is -0.380 e. The zero-order valence-corrected chi connectivity index (χ0v) is 12.4. The van der Waals surface area contributed by atoms with Crippen molar-refractivity contribution < 1.29 is 14.3 Å². The largest absolute Gasteiger partial charge is 0.380 e. The second-order valence-electron chi connectivity index (χ2n) is 5.32. The van der Waals surface area contributed by atoms with Gasteiger partial charge in [0.2, 0.25) is 11.8 Å². The lowest BCUT2D eigenvalue weighted by Gasteiger charge is -2.25. The Kier molecular flexibility index (Phi) is 6.45. The number of carbonyl (C=O) groups is 2. The Labute approximate surface area is 115 Å². The second-order valence-corrected chi connectivity index (χ2v) is 5.32. The molecule has 0 bridgehead atoms. The van der Waals surface area contributed by atoms with E-state index in [1.165, 1.54) is 4.90 Å². The number of rotatable bonds is 8. The van der Waals surface area contributed by atoms with E-state index in [-0.39, 0.29) is 30.3 Å². The minimum atomic E-state index is -0.382. The Bertz CT molecular complexity index is 318. The molecule has 2 unspecified atom stereocenters. The van der Waals surface area contributed by atoms with Crippen LogP contribution >= 0.6 is 0 Å². The average Bonchev–Trinajstić information content (AvgIpc) is 2.62. The van der Waals surface area contributed by atoms with Crippen molar-refractivity contribution in [1.82, 2.24) is 10.2 Å². The van der Waals surface area contributed by atoms with Crippen LogP contribution in [0, 0.1) is 5.92 Å². The van der Waals surface area contributed by atoms with Crippen molar-refractivity contribution in [3.63, 3.8) is 0 Å². The van der Waals surface area contributed by atoms with Crippen molar-refractivity contribution in [3.05, 3.63) is 0 Å². The summed E-state index contributed by atoms with van der Waals surface area (Å²) in [5, 5.41) is 3.28. The second kappa shape index (κ2) is 7.60. The van der Waals surface area contributed by atoms with E-state index in [9.17, 15) is 9.59 Å². The molecule has 1 aliphatic rings. The van der Waals surface area contributed by atoms with Crippen LogP contribution in [0.4, 0.5) is 0 Å². The topological polar surface area (TPSA) is 58.6 Å². The highest BCUT2D eigenvalue weighted by molar-refractivity contribution is 6.05. The first-order valence-corrected chi connectivity index (χ1v) is 7.19. The van der Waals surface area contributed by atoms with Crippen molar-refractivity contribution in [2.75, 3.05) is 19.8 Å². The SMILES string of the molecule is CCCN1C(=O)CC(NC(COCC)C(C)C)C1=O. The van der Waals surface area contributed by atoms with Gasteiger partial charge in [-0.15, -0.1) is 0 Å². The molecule has 0 aromatic heterocycles. The maximum absolute atomic E-state index is 12.1. The third-order valence-electron chi connectivity index (χ3n) is 3.41. The lowest BCUT2D eigenvalue weighted by atomic mass is 10.0. The lowest BCUT2D eigenvalue weighted by molar-refractivity contribution is -0.138. The molecule has 1 saturated heterocycles. The van der Waals surface area contributed by atoms with E-state index in [4.69, 9.17) is 4.74 Å². The number of hydrogen-bond donors (Lipinski definition) is 1. The summed E-state index contributed by atoms with van der Waals surface area (Å²) in [5.74, 6) is 0.201. The molecule has 1 rings (SSSR count). The predicted molar refractivity (Wildman–Crippen MR) is 73.7 cm³/mol. The Morgan fingerprint density at radius 3 is 2.58 bits per heavy atom. The summed E-state index contributed by atoms with van der Waals surface area (Å²) in [6.45, 7) is 9.83. The monoisotopic (exact) mass is 270 g/mol. The molecule has 2 amide bonds. The molecule has 5 nitrogen and oxygen atoms in total. The van der Waals surface area contributed by atoms with Crippen LogP contribution in [0.2, 0.25) is 0 Å². The lowest BCUT2D eigenvalue weighted by Crippen LogP contribution is -2.48. The normalized spacial score (nSPS) is 21.5. The number of imide groups is 1. The van der Waals surface area contributed by atoms with Crippen LogP contribution in [0.5, 0.6) is 0 Å². The third kappa shape index (κ3) is 4.28. The molecule has 2 atom stereocenters. The van der Waals surface area contributed by atoms with Gasteiger partial charge in [0.1, 0.15) is 0 Å². The molecule has 0 aromatic carbocycles. The number of nitrogens with zero attached hydrogens (tertiary/aromatic N) is 1. The summed E-state index contributed by atoms with van der Waals surface area (Å²) in [6, 6.07) is -0.282. The number of amides is 2. The molecule has 110 valence electrons. The van der Waals surface area contributed by atoms with Crippen molar-refractivity contribution >= 4 is 11.8 Å². The molecular weight excluding hydrogens is 244 g/mol. The average molecular weight is 270 g/mol. The highest BCUT2D eigenvalue weighted by Gasteiger charge is 2.39. The Balaban J connectivity index is 2.60. The molecule has 1 aliphatic heterocycles. The molecule has 5 heteroatoms. The fourth-order valence-corrected chi connectivity index (χ4v) is 2.21. The molecule has 0 spiro atoms. The van der Waals surface area contributed by atoms with Gasteiger partial charge >= 0.3 is 0 Å². The quantitative estimate of drug-likeness (QED) is 0.673. The van der Waals surface area contributed by atoms with Gasteiger partial charge in [-0.05, 0) is 19.3 Å². The fraction of sp³-hybridized carbons (Fsp3) is 0.857. The van der Waals surface area contributed by atoms with E-state index in [2.05, 4.69) is 19.2 Å². The third-order valence-corrected chi connectivity index (χ3v) is 3.41. The predicted octanol–water partition coefficient (Wildman–Crippen LogP) is 1.17. The number of ether oxygens (including phenoxy) is 1. The van der Waals surface area contributed by atoms with Gasteiger partial charge in [-0.3, -0.25) is 14.5 Å². The zero-order chi connectivity index (χ0) is 14.4. The molecule has 1 heterocycles. The number of carbonyl (C=O) groups excluding carboxylic acids is 2. The van der Waals surface area contributed by atoms with Crippen LogP contribution < -0.4 is 5.32 Å². The van der Waals surface area contributed by atoms with Crippen LogP contribution in [0.25, 0.3) is 0 Å². The first-order valence-electron chi connectivity index (χ1n) is 7.19. The highest BCUT2D eigenvalue weighted by atomic mass is 16.5. The smallest absolute Gasteiger partial charge is 0.246 e. The standard InChI is InChI=1S/C14H26N2O3/c1-5-7-16-13(17)8-11(14(16)18)15-12(10(3)4)9-19-6-2/h10-12,15H,5-9H2,1-4H3. The Hall–Kier alpha value is -0.940. The van der Waals surface area contributed by atoms with Crippen molar-refractivity contribution in [2.24, 2.45) is 5.92 Å². The molecule has 1 N–H and O–H groups in total. The van der Waals surface area contributed by atoms with Gasteiger partial charge in [-0.2, -0.15) is 0 Å². The Morgan fingerprint density at radius 1 is 1.37 bits per heavy atom. The van der Waals surface area contributed by atoms with E-state index in [0.29, 0.717) is 25.7 Å². The van der Waals surface area contributed by atoms with Crippen LogP contribution in [-0.4, -0.2) is 48.6 Å². The maximum Gasteiger partial charge on any atom is 0.246 e. The van der Waals surface area contributed by atoms with Gasteiger partial charge in [0.25, 0.3) is 0 Å². The van der Waals surface area contributed by atoms with E-state index < -0.39 is 0 Å². The summed E-state index contributed by atoms with van der Waals surface area (Å²) >= 11 is 0. The van der Waals surface area contributed by atoms with Crippen LogP contribution in [-0.2, 0) is 14.3 Å². The van der Waals surface area contributed by atoms with E-state index >= 15 is 0 Å². The van der Waals surface area contributed by atoms with Gasteiger partial charge in [0, 0.05) is 19.2 Å². The van der Waals surface area contributed by atoms with Crippen LogP contribution in [0.15, 0.2) is 0 Å².